The zero-order valence-corrected chi connectivity index (χ0v) is 10.5. The molecule has 0 amide bonds. The molecular weight excluding hydrogens is 202 g/mol. The molecule has 1 heterocycles. The number of furan rings is 1. The standard InChI is InChI=1S/C13H23NO2/c1-4-13(5-2,16-6-3)12(14)9-11-7-8-15-10-11/h7-8,10,12H,4-6,9,14H2,1-3H3. The molecule has 0 radical (unpaired) electrons. The molecule has 3 nitrogen and oxygen atoms in total. The highest BCUT2D eigenvalue weighted by Gasteiger charge is 2.34. The summed E-state index contributed by atoms with van der Waals surface area (Å²) < 4.78 is 10.9. The van der Waals surface area contributed by atoms with Crippen LogP contribution in [-0.2, 0) is 11.2 Å². The lowest BCUT2D eigenvalue weighted by molar-refractivity contribution is -0.0633. The molecule has 0 fully saturated rings. The average Bonchev–Trinajstić information content (AvgIpc) is 2.78. The highest BCUT2D eigenvalue weighted by molar-refractivity contribution is 5.09. The van der Waals surface area contributed by atoms with Crippen LogP contribution in [0, 0.1) is 0 Å². The Hall–Kier alpha value is -0.800. The van der Waals surface area contributed by atoms with E-state index in [4.69, 9.17) is 14.9 Å². The van der Waals surface area contributed by atoms with Gasteiger partial charge >= 0.3 is 0 Å². The highest BCUT2D eigenvalue weighted by atomic mass is 16.5. The van der Waals surface area contributed by atoms with Crippen LogP contribution >= 0.6 is 0 Å². The van der Waals surface area contributed by atoms with Crippen molar-refractivity contribution in [3.05, 3.63) is 24.2 Å². The molecule has 1 aromatic rings. The van der Waals surface area contributed by atoms with Gasteiger partial charge in [-0.2, -0.15) is 0 Å². The molecular formula is C13H23NO2. The van der Waals surface area contributed by atoms with E-state index < -0.39 is 0 Å². The summed E-state index contributed by atoms with van der Waals surface area (Å²) in [5.74, 6) is 0. The third-order valence-corrected chi connectivity index (χ3v) is 3.34. The van der Waals surface area contributed by atoms with E-state index in [0.717, 1.165) is 24.8 Å². The van der Waals surface area contributed by atoms with E-state index in [9.17, 15) is 0 Å². The Kier molecular flexibility index (Phi) is 5.03. The van der Waals surface area contributed by atoms with E-state index in [1.54, 1.807) is 12.5 Å². The first kappa shape index (κ1) is 13.3. The molecule has 0 aliphatic carbocycles. The highest BCUT2D eigenvalue weighted by Crippen LogP contribution is 2.26. The van der Waals surface area contributed by atoms with Crippen LogP contribution in [0.3, 0.4) is 0 Å². The van der Waals surface area contributed by atoms with Crippen molar-refractivity contribution in [2.24, 2.45) is 5.73 Å². The number of nitrogens with two attached hydrogens (primary N) is 1. The van der Waals surface area contributed by atoms with Gasteiger partial charge in [-0.15, -0.1) is 0 Å². The van der Waals surface area contributed by atoms with Crippen molar-refractivity contribution in [3.8, 4) is 0 Å². The first-order chi connectivity index (χ1) is 7.68. The van der Waals surface area contributed by atoms with E-state index in [-0.39, 0.29) is 11.6 Å². The molecule has 0 saturated heterocycles. The van der Waals surface area contributed by atoms with Crippen LogP contribution in [0.2, 0.25) is 0 Å². The quantitative estimate of drug-likeness (QED) is 0.776. The molecule has 0 aromatic carbocycles. The number of ether oxygens (including phenoxy) is 1. The van der Waals surface area contributed by atoms with Crippen molar-refractivity contribution in [1.29, 1.82) is 0 Å². The first-order valence-electron chi connectivity index (χ1n) is 6.09. The van der Waals surface area contributed by atoms with Gasteiger partial charge in [0.1, 0.15) is 0 Å². The normalized spacial score (nSPS) is 14.0. The minimum atomic E-state index is -0.202. The Morgan fingerprint density at radius 3 is 2.50 bits per heavy atom. The Morgan fingerprint density at radius 1 is 1.38 bits per heavy atom. The van der Waals surface area contributed by atoms with Crippen LogP contribution in [0.5, 0.6) is 0 Å². The van der Waals surface area contributed by atoms with Crippen molar-refractivity contribution in [1.82, 2.24) is 0 Å². The topological polar surface area (TPSA) is 48.4 Å². The van der Waals surface area contributed by atoms with Crippen molar-refractivity contribution >= 4 is 0 Å². The van der Waals surface area contributed by atoms with Crippen LogP contribution in [0.1, 0.15) is 39.2 Å². The first-order valence-corrected chi connectivity index (χ1v) is 6.09. The van der Waals surface area contributed by atoms with Gasteiger partial charge in [-0.3, -0.25) is 0 Å². The van der Waals surface area contributed by atoms with Gasteiger partial charge in [0, 0.05) is 12.6 Å². The Labute approximate surface area is 98.0 Å². The minimum absolute atomic E-state index is 0.0139. The number of rotatable bonds is 7. The maximum Gasteiger partial charge on any atom is 0.0935 e. The predicted molar refractivity (Wildman–Crippen MR) is 65.3 cm³/mol. The van der Waals surface area contributed by atoms with Crippen LogP contribution in [-0.4, -0.2) is 18.2 Å². The summed E-state index contributed by atoms with van der Waals surface area (Å²) >= 11 is 0. The van der Waals surface area contributed by atoms with Gasteiger partial charge in [-0.05, 0) is 37.8 Å². The fourth-order valence-corrected chi connectivity index (χ4v) is 2.22. The molecule has 0 spiro atoms. The summed E-state index contributed by atoms with van der Waals surface area (Å²) in [4.78, 5) is 0. The third-order valence-electron chi connectivity index (χ3n) is 3.34. The van der Waals surface area contributed by atoms with Crippen molar-refractivity contribution < 1.29 is 9.15 Å². The molecule has 0 saturated carbocycles. The molecule has 3 heteroatoms. The lowest BCUT2D eigenvalue weighted by Crippen LogP contribution is -2.50. The van der Waals surface area contributed by atoms with Gasteiger partial charge in [-0.1, -0.05) is 13.8 Å². The van der Waals surface area contributed by atoms with Gasteiger partial charge in [0.05, 0.1) is 18.1 Å². The molecule has 0 bridgehead atoms. The smallest absolute Gasteiger partial charge is 0.0935 e. The zero-order chi connectivity index (χ0) is 12.0. The fourth-order valence-electron chi connectivity index (χ4n) is 2.22. The van der Waals surface area contributed by atoms with Crippen molar-refractivity contribution in [2.75, 3.05) is 6.61 Å². The van der Waals surface area contributed by atoms with Gasteiger partial charge in [0.25, 0.3) is 0 Å². The average molecular weight is 225 g/mol. The summed E-state index contributed by atoms with van der Waals surface area (Å²) in [6.07, 6.45) is 6.12. The van der Waals surface area contributed by atoms with E-state index in [0.29, 0.717) is 6.61 Å². The molecule has 16 heavy (non-hydrogen) atoms. The Balaban J connectivity index is 2.70. The molecule has 0 aliphatic heterocycles. The fraction of sp³-hybridized carbons (Fsp3) is 0.692. The summed E-state index contributed by atoms with van der Waals surface area (Å²) in [6, 6.07) is 1.97. The van der Waals surface area contributed by atoms with Crippen LogP contribution in [0.4, 0.5) is 0 Å². The van der Waals surface area contributed by atoms with Gasteiger partial charge in [0.15, 0.2) is 0 Å². The van der Waals surface area contributed by atoms with E-state index in [1.807, 2.05) is 13.0 Å². The maximum atomic E-state index is 6.28. The van der Waals surface area contributed by atoms with Gasteiger partial charge < -0.3 is 14.9 Å². The minimum Gasteiger partial charge on any atom is -0.472 e. The predicted octanol–water partition coefficient (Wildman–Crippen LogP) is 2.74. The van der Waals surface area contributed by atoms with Crippen molar-refractivity contribution in [3.63, 3.8) is 0 Å². The van der Waals surface area contributed by atoms with Gasteiger partial charge in [-0.25, -0.2) is 0 Å². The summed E-state index contributed by atoms with van der Waals surface area (Å²) in [5.41, 5.74) is 7.22. The summed E-state index contributed by atoms with van der Waals surface area (Å²) in [6.45, 7) is 6.99. The van der Waals surface area contributed by atoms with E-state index >= 15 is 0 Å². The lowest BCUT2D eigenvalue weighted by atomic mass is 9.85. The molecule has 1 rings (SSSR count). The maximum absolute atomic E-state index is 6.28. The monoisotopic (exact) mass is 225 g/mol. The summed E-state index contributed by atoms with van der Waals surface area (Å²) in [7, 11) is 0. The van der Waals surface area contributed by atoms with Crippen LogP contribution in [0.25, 0.3) is 0 Å². The Bertz CT molecular complexity index is 278. The second-order valence-electron chi connectivity index (χ2n) is 4.15. The molecule has 2 N–H and O–H groups in total. The SMILES string of the molecule is CCOC(CC)(CC)C(N)Cc1ccoc1. The van der Waals surface area contributed by atoms with E-state index in [2.05, 4.69) is 13.8 Å². The lowest BCUT2D eigenvalue weighted by Gasteiger charge is -2.37. The zero-order valence-electron chi connectivity index (χ0n) is 10.5. The van der Waals surface area contributed by atoms with Crippen LogP contribution < -0.4 is 5.73 Å². The number of hydrogen-bond acceptors (Lipinski definition) is 3. The second kappa shape index (κ2) is 6.06. The largest absolute Gasteiger partial charge is 0.472 e. The molecule has 92 valence electrons. The van der Waals surface area contributed by atoms with E-state index in [1.165, 1.54) is 0 Å². The Morgan fingerprint density at radius 2 is 2.06 bits per heavy atom. The second-order valence-corrected chi connectivity index (χ2v) is 4.15. The summed E-state index contributed by atoms with van der Waals surface area (Å²) in [5, 5.41) is 0. The molecule has 1 unspecified atom stereocenters. The molecule has 1 atom stereocenters. The molecule has 0 aliphatic rings. The van der Waals surface area contributed by atoms with Gasteiger partial charge in [0.2, 0.25) is 0 Å². The van der Waals surface area contributed by atoms with Crippen LogP contribution in [0.15, 0.2) is 23.0 Å². The third kappa shape index (κ3) is 2.86. The number of hydrogen-bond donors (Lipinski definition) is 1. The van der Waals surface area contributed by atoms with Crippen molar-refractivity contribution in [2.45, 2.75) is 51.7 Å². The molecule has 1 aromatic heterocycles.